The number of nitrogens with zero attached hydrogens (tertiary/aromatic N) is 3. The second-order valence-corrected chi connectivity index (χ2v) is 5.67. The third-order valence-electron chi connectivity index (χ3n) is 3.10. The van der Waals surface area contributed by atoms with Crippen molar-refractivity contribution < 1.29 is 10.0 Å². The van der Waals surface area contributed by atoms with Crippen LogP contribution in [0.5, 0.6) is 5.75 Å². The maximum Gasteiger partial charge on any atom is 0.270 e. The molecule has 0 aliphatic carbocycles. The highest BCUT2D eigenvalue weighted by Crippen LogP contribution is 2.27. The lowest BCUT2D eigenvalue weighted by Crippen LogP contribution is -1.92. The molecule has 24 heavy (non-hydrogen) atoms. The zero-order valence-electron chi connectivity index (χ0n) is 12.3. The molecule has 0 saturated carbocycles. The molecule has 2 aromatic carbocycles. The molecule has 0 radical (unpaired) electrons. The van der Waals surface area contributed by atoms with Gasteiger partial charge in [-0.05, 0) is 12.1 Å². The summed E-state index contributed by atoms with van der Waals surface area (Å²) in [7, 11) is 0. The Kier molecular flexibility index (Phi) is 4.48. The molecular weight excluding hydrogens is 328 g/mol. The number of nitro groups is 1. The molecule has 2 N–H and O–H groups in total. The van der Waals surface area contributed by atoms with Crippen LogP contribution in [0.4, 0.5) is 10.8 Å². The second kappa shape index (κ2) is 6.88. The van der Waals surface area contributed by atoms with Crippen molar-refractivity contribution in [2.24, 2.45) is 5.10 Å². The van der Waals surface area contributed by atoms with Crippen molar-refractivity contribution in [1.82, 2.24) is 4.98 Å². The molecule has 0 amide bonds. The van der Waals surface area contributed by atoms with Crippen LogP contribution in [0.3, 0.4) is 0 Å². The fourth-order valence-corrected chi connectivity index (χ4v) is 2.67. The SMILES string of the molecule is O=[N+]([O-])c1cccc(/C=N/Nc2nc(-c3cccc(O)c3)cs2)c1. The first-order valence-electron chi connectivity index (χ1n) is 6.90. The van der Waals surface area contributed by atoms with E-state index in [1.54, 1.807) is 30.3 Å². The largest absolute Gasteiger partial charge is 0.508 e. The normalized spacial score (nSPS) is 10.8. The van der Waals surface area contributed by atoms with Gasteiger partial charge < -0.3 is 5.11 Å². The highest BCUT2D eigenvalue weighted by molar-refractivity contribution is 7.14. The maximum absolute atomic E-state index is 10.7. The zero-order chi connectivity index (χ0) is 16.9. The Bertz CT molecular complexity index is 908. The minimum atomic E-state index is -0.451. The predicted molar refractivity (Wildman–Crippen MR) is 93.5 cm³/mol. The Hall–Kier alpha value is -3.26. The summed E-state index contributed by atoms with van der Waals surface area (Å²) in [5, 5.41) is 26.7. The van der Waals surface area contributed by atoms with Gasteiger partial charge in [-0.1, -0.05) is 24.3 Å². The van der Waals surface area contributed by atoms with Gasteiger partial charge in [-0.2, -0.15) is 5.10 Å². The van der Waals surface area contributed by atoms with Crippen LogP contribution < -0.4 is 5.43 Å². The van der Waals surface area contributed by atoms with E-state index < -0.39 is 4.92 Å². The van der Waals surface area contributed by atoms with Crippen molar-refractivity contribution >= 4 is 28.4 Å². The fraction of sp³-hybridized carbons (Fsp3) is 0. The number of aromatic nitrogens is 1. The van der Waals surface area contributed by atoms with Crippen molar-refractivity contribution in [3.63, 3.8) is 0 Å². The zero-order valence-corrected chi connectivity index (χ0v) is 13.1. The van der Waals surface area contributed by atoms with E-state index in [-0.39, 0.29) is 11.4 Å². The molecule has 1 heterocycles. The molecule has 0 aliphatic heterocycles. The van der Waals surface area contributed by atoms with Crippen molar-refractivity contribution in [3.8, 4) is 17.0 Å². The van der Waals surface area contributed by atoms with Gasteiger partial charge in [0, 0.05) is 28.6 Å². The number of nitrogens with one attached hydrogen (secondary N) is 1. The summed E-state index contributed by atoms with van der Waals surface area (Å²) >= 11 is 1.37. The number of non-ortho nitro benzene ring substituents is 1. The first-order valence-corrected chi connectivity index (χ1v) is 7.78. The van der Waals surface area contributed by atoms with E-state index in [0.29, 0.717) is 10.7 Å². The summed E-state index contributed by atoms with van der Waals surface area (Å²) in [5.74, 6) is 0.179. The van der Waals surface area contributed by atoms with Gasteiger partial charge in [-0.3, -0.25) is 15.5 Å². The number of phenolic OH excluding ortho intramolecular Hbond substituents is 1. The van der Waals surface area contributed by atoms with Gasteiger partial charge in [-0.25, -0.2) is 4.98 Å². The number of hydrogen-bond donors (Lipinski definition) is 2. The van der Waals surface area contributed by atoms with Crippen LogP contribution in [0.1, 0.15) is 5.56 Å². The number of thiazole rings is 1. The summed E-state index contributed by atoms with van der Waals surface area (Å²) in [6, 6.07) is 13.0. The Balaban J connectivity index is 1.69. The topological polar surface area (TPSA) is 101 Å². The summed E-state index contributed by atoms with van der Waals surface area (Å²) < 4.78 is 0. The van der Waals surface area contributed by atoms with Crippen LogP contribution in [-0.4, -0.2) is 21.2 Å². The van der Waals surface area contributed by atoms with Gasteiger partial charge in [0.05, 0.1) is 16.8 Å². The van der Waals surface area contributed by atoms with Crippen LogP contribution in [0.2, 0.25) is 0 Å². The molecule has 0 spiro atoms. The molecule has 3 rings (SSSR count). The number of benzene rings is 2. The van der Waals surface area contributed by atoms with E-state index in [9.17, 15) is 15.2 Å². The van der Waals surface area contributed by atoms with Crippen LogP contribution in [0.15, 0.2) is 59.0 Å². The number of nitro benzene ring substituents is 1. The number of aromatic hydroxyl groups is 1. The van der Waals surface area contributed by atoms with Crippen molar-refractivity contribution in [2.75, 3.05) is 5.43 Å². The van der Waals surface area contributed by atoms with Crippen molar-refractivity contribution in [1.29, 1.82) is 0 Å². The van der Waals surface area contributed by atoms with Gasteiger partial charge in [0.1, 0.15) is 5.75 Å². The number of phenols is 1. The molecule has 0 fully saturated rings. The minimum absolute atomic E-state index is 0.0133. The maximum atomic E-state index is 10.7. The van der Waals surface area contributed by atoms with Gasteiger partial charge in [-0.15, -0.1) is 11.3 Å². The number of rotatable bonds is 5. The van der Waals surface area contributed by atoms with E-state index in [0.717, 1.165) is 11.3 Å². The lowest BCUT2D eigenvalue weighted by Gasteiger charge is -1.97. The van der Waals surface area contributed by atoms with E-state index in [1.807, 2.05) is 11.4 Å². The van der Waals surface area contributed by atoms with Gasteiger partial charge in [0.2, 0.25) is 5.13 Å². The average Bonchev–Trinajstić information content (AvgIpc) is 3.04. The van der Waals surface area contributed by atoms with E-state index >= 15 is 0 Å². The lowest BCUT2D eigenvalue weighted by atomic mass is 10.2. The quantitative estimate of drug-likeness (QED) is 0.417. The van der Waals surface area contributed by atoms with Crippen molar-refractivity contribution in [3.05, 3.63) is 69.6 Å². The molecular formula is C16H12N4O3S. The van der Waals surface area contributed by atoms with Crippen molar-refractivity contribution in [2.45, 2.75) is 0 Å². The molecule has 0 aliphatic rings. The molecule has 0 saturated heterocycles. The fourth-order valence-electron chi connectivity index (χ4n) is 2.00. The monoisotopic (exact) mass is 340 g/mol. The predicted octanol–water partition coefficient (Wildman–Crippen LogP) is 3.87. The number of hydrogen-bond acceptors (Lipinski definition) is 7. The van der Waals surface area contributed by atoms with Gasteiger partial charge >= 0.3 is 0 Å². The minimum Gasteiger partial charge on any atom is -0.508 e. The van der Waals surface area contributed by atoms with Crippen LogP contribution >= 0.6 is 11.3 Å². The third-order valence-corrected chi connectivity index (χ3v) is 3.85. The van der Waals surface area contributed by atoms with Gasteiger partial charge in [0.25, 0.3) is 5.69 Å². The highest BCUT2D eigenvalue weighted by atomic mass is 32.1. The Morgan fingerprint density at radius 1 is 1.25 bits per heavy atom. The second-order valence-electron chi connectivity index (χ2n) is 4.81. The molecule has 0 unspecified atom stereocenters. The molecule has 120 valence electrons. The molecule has 8 heteroatoms. The number of anilines is 1. The lowest BCUT2D eigenvalue weighted by molar-refractivity contribution is -0.384. The van der Waals surface area contributed by atoms with Crippen LogP contribution in [0, 0.1) is 10.1 Å². The molecule has 0 atom stereocenters. The molecule has 0 bridgehead atoms. The summed E-state index contributed by atoms with van der Waals surface area (Å²) in [4.78, 5) is 14.7. The van der Waals surface area contributed by atoms with E-state index in [2.05, 4.69) is 15.5 Å². The van der Waals surface area contributed by atoms with Gasteiger partial charge in [0.15, 0.2) is 0 Å². The van der Waals surface area contributed by atoms with Crippen LogP contribution in [0.25, 0.3) is 11.3 Å². The average molecular weight is 340 g/mol. The Morgan fingerprint density at radius 2 is 2.08 bits per heavy atom. The first kappa shape index (κ1) is 15.6. The summed E-state index contributed by atoms with van der Waals surface area (Å²) in [6.45, 7) is 0. The van der Waals surface area contributed by atoms with E-state index in [4.69, 9.17) is 0 Å². The number of hydrazone groups is 1. The molecule has 1 aromatic heterocycles. The molecule has 3 aromatic rings. The van der Waals surface area contributed by atoms with E-state index in [1.165, 1.54) is 29.7 Å². The standard InChI is InChI=1S/C16H12N4O3S/c21-14-6-2-4-12(8-14)15-10-24-16(18-15)19-17-9-11-3-1-5-13(7-11)20(22)23/h1-10,21H,(H,18,19)/b17-9+. The molecule has 7 nitrogen and oxygen atoms in total. The summed E-state index contributed by atoms with van der Waals surface area (Å²) in [6.07, 6.45) is 1.49. The smallest absolute Gasteiger partial charge is 0.270 e. The summed E-state index contributed by atoms with van der Waals surface area (Å²) in [5.41, 5.74) is 4.95. The van der Waals surface area contributed by atoms with Crippen LogP contribution in [-0.2, 0) is 0 Å². The Labute approximate surface area is 141 Å². The highest BCUT2D eigenvalue weighted by Gasteiger charge is 2.05. The first-order chi connectivity index (χ1) is 11.6. The Morgan fingerprint density at radius 3 is 2.88 bits per heavy atom. The third kappa shape index (κ3) is 3.73.